The number of hydrogen-bond acceptors (Lipinski definition) is 3. The van der Waals surface area contributed by atoms with Crippen molar-refractivity contribution in [1.29, 1.82) is 0 Å². The van der Waals surface area contributed by atoms with Gasteiger partial charge < -0.3 is 15.4 Å². The van der Waals surface area contributed by atoms with E-state index in [4.69, 9.17) is 5.11 Å². The van der Waals surface area contributed by atoms with Gasteiger partial charge in [0, 0.05) is 25.0 Å². The quantitative estimate of drug-likeness (QED) is 0.639. The maximum atomic E-state index is 9.10. The fourth-order valence-electron chi connectivity index (χ4n) is 1.25. The zero-order valence-corrected chi connectivity index (χ0v) is 9.31. The summed E-state index contributed by atoms with van der Waals surface area (Å²) in [5, 5.41) is 12.4. The van der Waals surface area contributed by atoms with E-state index in [9.17, 15) is 0 Å². The Morgan fingerprint density at radius 3 is 3.07 bits per heavy atom. The van der Waals surface area contributed by atoms with Crippen molar-refractivity contribution in [1.82, 2.24) is 10.3 Å². The van der Waals surface area contributed by atoms with Gasteiger partial charge in [0.25, 0.3) is 0 Å². The fraction of sp³-hybridized carbons (Fsp3) is 0.600. The Morgan fingerprint density at radius 2 is 2.50 bits per heavy atom. The van der Waals surface area contributed by atoms with E-state index in [1.54, 1.807) is 0 Å². The van der Waals surface area contributed by atoms with Gasteiger partial charge in [-0.3, -0.25) is 0 Å². The van der Waals surface area contributed by atoms with Crippen molar-refractivity contribution in [3.8, 4) is 0 Å². The number of aromatic nitrogens is 1. The number of aliphatic hydroxyl groups is 1. The lowest BCUT2D eigenvalue weighted by molar-refractivity contribution is 0.239. The first-order chi connectivity index (χ1) is 6.86. The first kappa shape index (κ1) is 11.6. The zero-order valence-electron chi connectivity index (χ0n) is 8.49. The van der Waals surface area contributed by atoms with Gasteiger partial charge in [-0.25, -0.2) is 0 Å². The molecule has 0 aliphatic rings. The van der Waals surface area contributed by atoms with Crippen LogP contribution in [0.4, 0.5) is 0 Å². The SMILES string of the molecule is CSCCC(CO)NCc1cc[nH]c1. The number of hydrogen-bond donors (Lipinski definition) is 3. The van der Waals surface area contributed by atoms with Gasteiger partial charge >= 0.3 is 0 Å². The van der Waals surface area contributed by atoms with Crippen LogP contribution in [-0.4, -0.2) is 34.7 Å². The molecule has 14 heavy (non-hydrogen) atoms. The molecule has 0 saturated carbocycles. The molecule has 0 amide bonds. The van der Waals surface area contributed by atoms with Gasteiger partial charge in [-0.2, -0.15) is 11.8 Å². The summed E-state index contributed by atoms with van der Waals surface area (Å²) < 4.78 is 0. The smallest absolute Gasteiger partial charge is 0.0585 e. The largest absolute Gasteiger partial charge is 0.395 e. The van der Waals surface area contributed by atoms with Crippen LogP contribution in [0.3, 0.4) is 0 Å². The second-order valence-electron chi connectivity index (χ2n) is 3.26. The molecule has 80 valence electrons. The molecule has 3 N–H and O–H groups in total. The second kappa shape index (κ2) is 6.92. The van der Waals surface area contributed by atoms with Gasteiger partial charge in [0.05, 0.1) is 6.61 Å². The maximum Gasteiger partial charge on any atom is 0.0585 e. The Bertz CT molecular complexity index is 226. The first-order valence-electron chi connectivity index (χ1n) is 4.81. The van der Waals surface area contributed by atoms with E-state index in [1.807, 2.05) is 30.2 Å². The molecule has 0 fully saturated rings. The van der Waals surface area contributed by atoms with Crippen molar-refractivity contribution >= 4 is 11.8 Å². The minimum atomic E-state index is 0.213. The summed E-state index contributed by atoms with van der Waals surface area (Å²) >= 11 is 1.81. The number of thioether (sulfide) groups is 1. The Morgan fingerprint density at radius 1 is 1.64 bits per heavy atom. The molecule has 3 nitrogen and oxygen atoms in total. The van der Waals surface area contributed by atoms with Crippen LogP contribution in [0, 0.1) is 0 Å². The van der Waals surface area contributed by atoms with Crippen molar-refractivity contribution < 1.29 is 5.11 Å². The topological polar surface area (TPSA) is 48.0 Å². The zero-order chi connectivity index (χ0) is 10.2. The third-order valence-corrected chi connectivity index (χ3v) is 2.79. The van der Waals surface area contributed by atoms with Gasteiger partial charge in [0.1, 0.15) is 0 Å². The minimum Gasteiger partial charge on any atom is -0.395 e. The first-order valence-corrected chi connectivity index (χ1v) is 6.21. The molecule has 0 aliphatic carbocycles. The third kappa shape index (κ3) is 4.17. The Balaban J connectivity index is 2.20. The molecule has 1 heterocycles. The van der Waals surface area contributed by atoms with Crippen LogP contribution in [0.25, 0.3) is 0 Å². The summed E-state index contributed by atoms with van der Waals surface area (Å²) in [7, 11) is 0. The number of nitrogens with one attached hydrogen (secondary N) is 2. The van der Waals surface area contributed by atoms with Crippen LogP contribution >= 0.6 is 11.8 Å². The Kier molecular flexibility index (Phi) is 5.75. The lowest BCUT2D eigenvalue weighted by atomic mass is 10.2. The lowest BCUT2D eigenvalue weighted by Crippen LogP contribution is -2.32. The molecule has 0 bridgehead atoms. The molecule has 1 rings (SSSR count). The minimum absolute atomic E-state index is 0.213. The van der Waals surface area contributed by atoms with Crippen molar-refractivity contribution in [2.45, 2.75) is 19.0 Å². The van der Waals surface area contributed by atoms with Crippen molar-refractivity contribution in [2.24, 2.45) is 0 Å². The van der Waals surface area contributed by atoms with E-state index in [2.05, 4.69) is 16.6 Å². The van der Waals surface area contributed by atoms with Gasteiger partial charge in [0.2, 0.25) is 0 Å². The predicted molar refractivity (Wildman–Crippen MR) is 61.5 cm³/mol. The standard InChI is InChI=1S/C10H18N2OS/c1-14-5-3-10(8-13)12-7-9-2-4-11-6-9/h2,4,6,10-13H,3,5,7-8H2,1H3. The summed E-state index contributed by atoms with van der Waals surface area (Å²) in [6, 6.07) is 2.26. The molecule has 0 radical (unpaired) electrons. The summed E-state index contributed by atoms with van der Waals surface area (Å²) in [5.74, 6) is 1.09. The molecule has 0 aliphatic heterocycles. The normalized spacial score (nSPS) is 13.0. The van der Waals surface area contributed by atoms with Gasteiger partial charge in [-0.1, -0.05) is 0 Å². The average molecular weight is 214 g/mol. The highest BCUT2D eigenvalue weighted by atomic mass is 32.2. The van der Waals surface area contributed by atoms with Crippen LogP contribution in [0.2, 0.25) is 0 Å². The van der Waals surface area contributed by atoms with E-state index in [0.717, 1.165) is 18.7 Å². The summed E-state index contributed by atoms with van der Waals surface area (Å²) in [6.45, 7) is 1.04. The molecule has 1 aromatic heterocycles. The lowest BCUT2D eigenvalue weighted by Gasteiger charge is -2.14. The Labute approximate surface area is 89.3 Å². The molecule has 0 spiro atoms. The molecule has 4 heteroatoms. The highest BCUT2D eigenvalue weighted by molar-refractivity contribution is 7.98. The number of aromatic amines is 1. The van der Waals surface area contributed by atoms with Gasteiger partial charge in [-0.15, -0.1) is 0 Å². The van der Waals surface area contributed by atoms with Crippen LogP contribution in [0.5, 0.6) is 0 Å². The van der Waals surface area contributed by atoms with Crippen molar-refractivity contribution in [3.05, 3.63) is 24.0 Å². The Hall–Kier alpha value is -0.450. The van der Waals surface area contributed by atoms with Crippen LogP contribution in [0.15, 0.2) is 18.5 Å². The summed E-state index contributed by atoms with van der Waals surface area (Å²) in [5.41, 5.74) is 1.23. The molecule has 0 saturated heterocycles. The number of rotatable bonds is 7. The van der Waals surface area contributed by atoms with Crippen LogP contribution in [0.1, 0.15) is 12.0 Å². The summed E-state index contributed by atoms with van der Waals surface area (Å²) in [6.07, 6.45) is 6.98. The summed E-state index contributed by atoms with van der Waals surface area (Å²) in [4.78, 5) is 3.01. The van der Waals surface area contributed by atoms with Crippen LogP contribution in [-0.2, 0) is 6.54 Å². The molecule has 1 atom stereocenters. The monoisotopic (exact) mass is 214 g/mol. The molecule has 0 aromatic carbocycles. The highest BCUT2D eigenvalue weighted by Gasteiger charge is 2.05. The second-order valence-corrected chi connectivity index (χ2v) is 4.25. The number of H-pyrrole nitrogens is 1. The van der Waals surface area contributed by atoms with Gasteiger partial charge in [0.15, 0.2) is 0 Å². The fourth-order valence-corrected chi connectivity index (χ4v) is 1.77. The molecule has 1 aromatic rings. The van der Waals surface area contributed by atoms with E-state index >= 15 is 0 Å². The number of aliphatic hydroxyl groups excluding tert-OH is 1. The highest BCUT2D eigenvalue weighted by Crippen LogP contribution is 2.02. The molecule has 1 unspecified atom stereocenters. The van der Waals surface area contributed by atoms with Gasteiger partial charge in [-0.05, 0) is 30.1 Å². The van der Waals surface area contributed by atoms with Crippen LogP contribution < -0.4 is 5.32 Å². The maximum absolute atomic E-state index is 9.10. The third-order valence-electron chi connectivity index (χ3n) is 2.15. The van der Waals surface area contributed by atoms with E-state index in [-0.39, 0.29) is 12.6 Å². The molecular formula is C10H18N2OS. The van der Waals surface area contributed by atoms with Crippen molar-refractivity contribution in [2.75, 3.05) is 18.6 Å². The van der Waals surface area contributed by atoms with E-state index in [1.165, 1.54) is 5.56 Å². The van der Waals surface area contributed by atoms with Crippen molar-refractivity contribution in [3.63, 3.8) is 0 Å². The van der Waals surface area contributed by atoms with E-state index < -0.39 is 0 Å². The van der Waals surface area contributed by atoms with E-state index in [0.29, 0.717) is 0 Å². The molecular weight excluding hydrogens is 196 g/mol. The average Bonchev–Trinajstić information content (AvgIpc) is 2.71. The predicted octanol–water partition coefficient (Wildman–Crippen LogP) is 1.22.